The number of nitrogens with one attached hydrogen (secondary N) is 1. The first kappa shape index (κ1) is 17.2. The number of hydrogen-bond donors (Lipinski definition) is 1. The zero-order valence-corrected chi connectivity index (χ0v) is 15.1. The number of aryl methyl sites for hydroxylation is 1. The van der Waals surface area contributed by atoms with E-state index in [2.05, 4.69) is 29.4 Å². The highest BCUT2D eigenvalue weighted by Gasteiger charge is 2.16. The monoisotopic (exact) mass is 348 g/mol. The van der Waals surface area contributed by atoms with Gasteiger partial charge in [-0.2, -0.15) is 0 Å². The van der Waals surface area contributed by atoms with E-state index in [9.17, 15) is 4.79 Å². The van der Waals surface area contributed by atoms with Crippen LogP contribution in [-0.4, -0.2) is 10.9 Å². The van der Waals surface area contributed by atoms with Crippen molar-refractivity contribution < 1.29 is 4.79 Å². The van der Waals surface area contributed by atoms with Crippen molar-refractivity contribution in [3.63, 3.8) is 0 Å². The predicted molar refractivity (Wildman–Crippen MR) is 102 cm³/mol. The Hall–Kier alpha value is -2.59. The topological polar surface area (TPSA) is 42.0 Å². The van der Waals surface area contributed by atoms with Gasteiger partial charge in [-0.1, -0.05) is 59.8 Å². The molecule has 0 aliphatic carbocycles. The van der Waals surface area contributed by atoms with E-state index in [1.165, 1.54) is 17.3 Å². The van der Waals surface area contributed by atoms with Crippen molar-refractivity contribution in [2.24, 2.45) is 0 Å². The smallest absolute Gasteiger partial charge is 0.254 e. The minimum atomic E-state index is -0.112. The van der Waals surface area contributed by atoms with Crippen molar-refractivity contribution in [2.45, 2.75) is 29.8 Å². The number of nitrogens with zero attached hydrogens (tertiary/aromatic N) is 1. The fourth-order valence-electron chi connectivity index (χ4n) is 2.46. The lowest BCUT2D eigenvalue weighted by Gasteiger charge is -2.15. The van der Waals surface area contributed by atoms with E-state index in [0.717, 1.165) is 10.5 Å². The van der Waals surface area contributed by atoms with Crippen LogP contribution in [-0.2, 0) is 0 Å². The molecular formula is C21H20N2OS. The lowest BCUT2D eigenvalue weighted by molar-refractivity contribution is 0.0936. The first-order valence-corrected chi connectivity index (χ1v) is 9.00. The summed E-state index contributed by atoms with van der Waals surface area (Å²) in [5, 5.41) is 3.77. The molecule has 1 heterocycles. The fraction of sp³-hybridized carbons (Fsp3) is 0.143. The molecule has 0 fully saturated rings. The largest absolute Gasteiger partial charge is 0.345 e. The van der Waals surface area contributed by atoms with Crippen molar-refractivity contribution in [3.05, 3.63) is 89.6 Å². The van der Waals surface area contributed by atoms with E-state index in [4.69, 9.17) is 0 Å². The van der Waals surface area contributed by atoms with Gasteiger partial charge < -0.3 is 5.32 Å². The van der Waals surface area contributed by atoms with Crippen molar-refractivity contribution in [1.82, 2.24) is 10.3 Å². The van der Waals surface area contributed by atoms with Crippen molar-refractivity contribution in [2.75, 3.05) is 0 Å². The zero-order valence-electron chi connectivity index (χ0n) is 14.3. The van der Waals surface area contributed by atoms with Crippen LogP contribution in [0.15, 0.2) is 82.8 Å². The van der Waals surface area contributed by atoms with E-state index >= 15 is 0 Å². The molecule has 0 saturated carbocycles. The average Bonchev–Trinajstić information content (AvgIpc) is 2.64. The Morgan fingerprint density at radius 2 is 1.72 bits per heavy atom. The van der Waals surface area contributed by atoms with Crippen LogP contribution in [0.3, 0.4) is 0 Å². The van der Waals surface area contributed by atoms with Gasteiger partial charge in [-0.05, 0) is 43.7 Å². The minimum absolute atomic E-state index is 0.0638. The first-order chi connectivity index (χ1) is 12.1. The number of amides is 1. The van der Waals surface area contributed by atoms with E-state index in [1.807, 2.05) is 55.5 Å². The van der Waals surface area contributed by atoms with E-state index in [-0.39, 0.29) is 11.9 Å². The number of rotatable bonds is 5. The Morgan fingerprint density at radius 1 is 1.00 bits per heavy atom. The molecule has 3 nitrogen and oxygen atoms in total. The summed E-state index contributed by atoms with van der Waals surface area (Å²) in [4.78, 5) is 18.2. The van der Waals surface area contributed by atoms with Gasteiger partial charge in [-0.15, -0.1) is 0 Å². The molecule has 1 amide bonds. The lowest BCUT2D eigenvalue weighted by atomic mass is 10.1. The second-order valence-corrected chi connectivity index (χ2v) is 6.94. The Bertz CT molecular complexity index is 847. The average molecular weight is 348 g/mol. The third-order valence-corrected chi connectivity index (χ3v) is 4.93. The Balaban J connectivity index is 1.77. The molecule has 1 aromatic heterocycles. The molecule has 0 bridgehead atoms. The normalized spacial score (nSPS) is 11.8. The van der Waals surface area contributed by atoms with Crippen LogP contribution >= 0.6 is 11.8 Å². The highest BCUT2D eigenvalue weighted by Crippen LogP contribution is 2.29. The highest BCUT2D eigenvalue weighted by atomic mass is 32.2. The van der Waals surface area contributed by atoms with Crippen LogP contribution in [0.5, 0.6) is 0 Å². The molecule has 2 aromatic carbocycles. The summed E-state index contributed by atoms with van der Waals surface area (Å²) in [5.41, 5.74) is 2.88. The molecule has 126 valence electrons. The van der Waals surface area contributed by atoms with Gasteiger partial charge in [0.15, 0.2) is 0 Å². The summed E-state index contributed by atoms with van der Waals surface area (Å²) >= 11 is 1.50. The third-order valence-electron chi connectivity index (χ3n) is 3.90. The molecule has 1 N–H and O–H groups in total. The van der Waals surface area contributed by atoms with Crippen LogP contribution in [0, 0.1) is 6.92 Å². The standard InChI is InChI=1S/C21H20N2OS/c1-15-10-12-18(13-11-15)25-21-19(9-6-14-22-21)20(24)23-16(2)17-7-4-3-5-8-17/h3-14,16H,1-2H3,(H,23,24)/t16-/m0/s1. The number of aromatic nitrogens is 1. The second kappa shape index (κ2) is 7.99. The van der Waals surface area contributed by atoms with Crippen molar-refractivity contribution in [3.8, 4) is 0 Å². The molecule has 0 spiro atoms. The van der Waals surface area contributed by atoms with Gasteiger partial charge in [0, 0.05) is 11.1 Å². The van der Waals surface area contributed by atoms with Crippen molar-refractivity contribution in [1.29, 1.82) is 0 Å². The maximum atomic E-state index is 12.7. The molecule has 0 unspecified atom stereocenters. The SMILES string of the molecule is Cc1ccc(Sc2ncccc2C(=O)N[C@@H](C)c2ccccc2)cc1. The maximum Gasteiger partial charge on any atom is 0.254 e. The lowest BCUT2D eigenvalue weighted by Crippen LogP contribution is -2.27. The number of pyridine rings is 1. The predicted octanol–water partition coefficient (Wildman–Crippen LogP) is 5.03. The number of carbonyl (C=O) groups is 1. The second-order valence-electron chi connectivity index (χ2n) is 5.88. The number of hydrogen-bond acceptors (Lipinski definition) is 3. The van der Waals surface area contributed by atoms with Gasteiger partial charge in [-0.3, -0.25) is 4.79 Å². The van der Waals surface area contributed by atoms with Crippen LogP contribution in [0.4, 0.5) is 0 Å². The summed E-state index contributed by atoms with van der Waals surface area (Å²) in [7, 11) is 0. The fourth-order valence-corrected chi connectivity index (χ4v) is 3.34. The summed E-state index contributed by atoms with van der Waals surface area (Å²) in [6.07, 6.45) is 1.72. The Labute approximate surface area is 152 Å². The number of benzene rings is 2. The van der Waals surface area contributed by atoms with Gasteiger partial charge >= 0.3 is 0 Å². The number of carbonyl (C=O) groups excluding carboxylic acids is 1. The molecular weight excluding hydrogens is 328 g/mol. The third kappa shape index (κ3) is 4.48. The molecule has 0 radical (unpaired) electrons. The molecule has 0 aliphatic rings. The quantitative estimate of drug-likeness (QED) is 0.703. The summed E-state index contributed by atoms with van der Waals surface area (Å²) in [6.45, 7) is 4.04. The molecule has 0 saturated heterocycles. The Morgan fingerprint density at radius 3 is 2.44 bits per heavy atom. The minimum Gasteiger partial charge on any atom is -0.345 e. The summed E-state index contributed by atoms with van der Waals surface area (Å²) < 4.78 is 0. The van der Waals surface area contributed by atoms with Crippen LogP contribution in [0.1, 0.15) is 34.5 Å². The summed E-state index contributed by atoms with van der Waals surface area (Å²) in [6, 6.07) is 21.7. The highest BCUT2D eigenvalue weighted by molar-refractivity contribution is 7.99. The molecule has 25 heavy (non-hydrogen) atoms. The molecule has 3 rings (SSSR count). The zero-order chi connectivity index (χ0) is 17.6. The summed E-state index contributed by atoms with van der Waals surface area (Å²) in [5.74, 6) is -0.112. The van der Waals surface area contributed by atoms with E-state index in [0.29, 0.717) is 10.6 Å². The van der Waals surface area contributed by atoms with E-state index in [1.54, 1.807) is 12.3 Å². The van der Waals surface area contributed by atoms with Crippen LogP contribution in [0.25, 0.3) is 0 Å². The first-order valence-electron chi connectivity index (χ1n) is 8.19. The van der Waals surface area contributed by atoms with Gasteiger partial charge in [0.05, 0.1) is 11.6 Å². The van der Waals surface area contributed by atoms with Gasteiger partial charge in [0.25, 0.3) is 5.91 Å². The molecule has 1 atom stereocenters. The molecule has 0 aliphatic heterocycles. The van der Waals surface area contributed by atoms with Crippen molar-refractivity contribution >= 4 is 17.7 Å². The Kier molecular flexibility index (Phi) is 5.51. The maximum absolute atomic E-state index is 12.7. The van der Waals surface area contributed by atoms with Gasteiger partial charge in [0.2, 0.25) is 0 Å². The molecule has 4 heteroatoms. The van der Waals surface area contributed by atoms with Gasteiger partial charge in [0.1, 0.15) is 5.03 Å². The van der Waals surface area contributed by atoms with Crippen LogP contribution < -0.4 is 5.32 Å². The van der Waals surface area contributed by atoms with Gasteiger partial charge in [-0.25, -0.2) is 4.98 Å². The van der Waals surface area contributed by atoms with Crippen LogP contribution in [0.2, 0.25) is 0 Å². The van der Waals surface area contributed by atoms with E-state index < -0.39 is 0 Å². The molecule has 3 aromatic rings.